The Bertz CT molecular complexity index is 620. The maximum atomic E-state index is 14.1. The van der Waals surface area contributed by atoms with E-state index in [9.17, 15) is 4.39 Å². The number of hydrogen-bond donors (Lipinski definition) is 1. The number of pyridine rings is 1. The van der Waals surface area contributed by atoms with Gasteiger partial charge in [0.25, 0.3) is 0 Å². The summed E-state index contributed by atoms with van der Waals surface area (Å²) in [6, 6.07) is 10.6. The lowest BCUT2D eigenvalue weighted by Crippen LogP contribution is -2.11. The molecule has 0 saturated carbocycles. The summed E-state index contributed by atoms with van der Waals surface area (Å²) < 4.78 is 19.6. The molecule has 2 aromatic rings. The largest absolute Gasteiger partial charge is 0.484 e. The number of rotatable bonds is 4. The Labute approximate surface area is 125 Å². The lowest BCUT2D eigenvalue weighted by Gasteiger charge is -2.19. The van der Waals surface area contributed by atoms with Gasteiger partial charge in [-0.2, -0.15) is 0 Å². The van der Waals surface area contributed by atoms with Crippen LogP contribution in [0.15, 0.2) is 36.4 Å². The van der Waals surface area contributed by atoms with Crippen molar-refractivity contribution in [2.24, 2.45) is 5.73 Å². The lowest BCUT2D eigenvalue weighted by molar-refractivity contribution is 0.285. The Balaban J connectivity index is 2.10. The van der Waals surface area contributed by atoms with Gasteiger partial charge in [0, 0.05) is 6.54 Å². The van der Waals surface area contributed by atoms with Gasteiger partial charge in [0.05, 0.1) is 11.4 Å². The monoisotopic (exact) mass is 288 g/mol. The van der Waals surface area contributed by atoms with E-state index in [4.69, 9.17) is 10.5 Å². The van der Waals surface area contributed by atoms with Gasteiger partial charge in [0.1, 0.15) is 6.61 Å². The summed E-state index contributed by atoms with van der Waals surface area (Å²) in [6.45, 7) is 6.74. The second kappa shape index (κ2) is 6.22. The topological polar surface area (TPSA) is 48.1 Å². The second-order valence-corrected chi connectivity index (χ2v) is 6.01. The molecule has 0 atom stereocenters. The standard InChI is InChI=1S/C17H21FN2O/c1-17(2,3)12-7-8-16(15(18)9-12)21-11-14-6-4-5-13(10-19)20-14/h4-9H,10-11,19H2,1-3H3. The highest BCUT2D eigenvalue weighted by atomic mass is 19.1. The van der Waals surface area contributed by atoms with E-state index in [2.05, 4.69) is 4.98 Å². The highest BCUT2D eigenvalue weighted by molar-refractivity contribution is 5.33. The normalized spacial score (nSPS) is 11.5. The Morgan fingerprint density at radius 3 is 2.48 bits per heavy atom. The van der Waals surface area contributed by atoms with Crippen LogP contribution in [0.5, 0.6) is 5.75 Å². The van der Waals surface area contributed by atoms with Crippen molar-refractivity contribution in [3.63, 3.8) is 0 Å². The third-order valence-corrected chi connectivity index (χ3v) is 3.25. The van der Waals surface area contributed by atoms with E-state index in [0.717, 1.165) is 17.0 Å². The van der Waals surface area contributed by atoms with Crippen molar-refractivity contribution >= 4 is 0 Å². The first-order chi connectivity index (χ1) is 9.90. The van der Waals surface area contributed by atoms with Crippen LogP contribution < -0.4 is 10.5 Å². The highest BCUT2D eigenvalue weighted by Crippen LogP contribution is 2.27. The molecule has 1 aromatic carbocycles. The van der Waals surface area contributed by atoms with Crippen LogP contribution in [0, 0.1) is 5.82 Å². The zero-order chi connectivity index (χ0) is 15.5. The molecule has 0 radical (unpaired) electrons. The van der Waals surface area contributed by atoms with Crippen LogP contribution >= 0.6 is 0 Å². The van der Waals surface area contributed by atoms with Crippen molar-refractivity contribution in [3.05, 3.63) is 59.2 Å². The average molecular weight is 288 g/mol. The van der Waals surface area contributed by atoms with Crippen LogP contribution in [0.3, 0.4) is 0 Å². The molecule has 0 saturated heterocycles. The van der Waals surface area contributed by atoms with Gasteiger partial charge in [-0.3, -0.25) is 4.98 Å². The molecule has 0 aliphatic carbocycles. The summed E-state index contributed by atoms with van der Waals surface area (Å²) in [6.07, 6.45) is 0. The van der Waals surface area contributed by atoms with Crippen LogP contribution in [0.4, 0.5) is 4.39 Å². The van der Waals surface area contributed by atoms with Crippen molar-refractivity contribution < 1.29 is 9.13 Å². The lowest BCUT2D eigenvalue weighted by atomic mass is 9.87. The van der Waals surface area contributed by atoms with Gasteiger partial charge in [-0.25, -0.2) is 4.39 Å². The molecule has 0 amide bonds. The van der Waals surface area contributed by atoms with Gasteiger partial charge in [0.2, 0.25) is 0 Å². The highest BCUT2D eigenvalue weighted by Gasteiger charge is 2.16. The van der Waals surface area contributed by atoms with Gasteiger partial charge >= 0.3 is 0 Å². The van der Waals surface area contributed by atoms with Gasteiger partial charge in [-0.15, -0.1) is 0 Å². The zero-order valence-electron chi connectivity index (χ0n) is 12.7. The molecule has 3 nitrogen and oxygen atoms in total. The molecule has 1 aromatic heterocycles. The first-order valence-corrected chi connectivity index (χ1v) is 6.98. The molecule has 0 aliphatic rings. The number of nitrogens with zero attached hydrogens (tertiary/aromatic N) is 1. The minimum Gasteiger partial charge on any atom is -0.484 e. The molecule has 112 valence electrons. The fraction of sp³-hybridized carbons (Fsp3) is 0.353. The van der Waals surface area contributed by atoms with E-state index in [0.29, 0.717) is 6.54 Å². The molecular weight excluding hydrogens is 267 g/mol. The van der Waals surface area contributed by atoms with Gasteiger partial charge in [0.15, 0.2) is 11.6 Å². The Kier molecular flexibility index (Phi) is 4.58. The summed E-state index contributed by atoms with van der Waals surface area (Å²) in [5.41, 5.74) is 7.92. The molecule has 21 heavy (non-hydrogen) atoms. The summed E-state index contributed by atoms with van der Waals surface area (Å²) in [5.74, 6) is -0.111. The molecule has 2 N–H and O–H groups in total. The van der Waals surface area contributed by atoms with Crippen molar-refractivity contribution in [2.75, 3.05) is 0 Å². The third-order valence-electron chi connectivity index (χ3n) is 3.25. The molecule has 0 aliphatic heterocycles. The van der Waals surface area contributed by atoms with E-state index < -0.39 is 0 Å². The van der Waals surface area contributed by atoms with Crippen LogP contribution in [-0.2, 0) is 18.6 Å². The first-order valence-electron chi connectivity index (χ1n) is 6.98. The minimum atomic E-state index is -0.350. The Morgan fingerprint density at radius 2 is 1.86 bits per heavy atom. The van der Waals surface area contributed by atoms with Gasteiger partial charge in [-0.1, -0.05) is 32.9 Å². The van der Waals surface area contributed by atoms with E-state index >= 15 is 0 Å². The fourth-order valence-electron chi connectivity index (χ4n) is 1.96. The smallest absolute Gasteiger partial charge is 0.165 e. The molecule has 0 unspecified atom stereocenters. The number of nitrogens with two attached hydrogens (primary N) is 1. The Morgan fingerprint density at radius 1 is 1.14 bits per heavy atom. The molecular formula is C17H21FN2O. The first kappa shape index (κ1) is 15.4. The SMILES string of the molecule is CC(C)(C)c1ccc(OCc2cccc(CN)n2)c(F)c1. The number of aromatic nitrogens is 1. The van der Waals surface area contributed by atoms with Crippen molar-refractivity contribution in [1.82, 2.24) is 4.98 Å². The number of ether oxygens (including phenoxy) is 1. The van der Waals surface area contributed by atoms with Crippen LogP contribution in [-0.4, -0.2) is 4.98 Å². The van der Waals surface area contributed by atoms with Crippen molar-refractivity contribution in [2.45, 2.75) is 39.3 Å². The molecule has 2 rings (SSSR count). The van der Waals surface area contributed by atoms with Crippen LogP contribution in [0.2, 0.25) is 0 Å². The molecule has 0 fully saturated rings. The van der Waals surface area contributed by atoms with Crippen LogP contribution in [0.1, 0.15) is 37.7 Å². The predicted octanol–water partition coefficient (Wildman–Crippen LogP) is 3.56. The third kappa shape index (κ3) is 4.02. The molecule has 4 heteroatoms. The molecule has 0 bridgehead atoms. The molecule has 0 spiro atoms. The van der Waals surface area contributed by atoms with Crippen LogP contribution in [0.25, 0.3) is 0 Å². The number of hydrogen-bond acceptors (Lipinski definition) is 3. The maximum Gasteiger partial charge on any atom is 0.165 e. The maximum absolute atomic E-state index is 14.1. The van der Waals surface area contributed by atoms with Crippen molar-refractivity contribution in [3.8, 4) is 5.75 Å². The van der Waals surface area contributed by atoms with Crippen molar-refractivity contribution in [1.29, 1.82) is 0 Å². The number of halogens is 1. The van der Waals surface area contributed by atoms with E-state index in [-0.39, 0.29) is 23.6 Å². The van der Waals surface area contributed by atoms with Gasteiger partial charge < -0.3 is 10.5 Å². The zero-order valence-corrected chi connectivity index (χ0v) is 12.7. The molecule has 1 heterocycles. The summed E-state index contributed by atoms with van der Waals surface area (Å²) in [5, 5.41) is 0. The fourth-order valence-corrected chi connectivity index (χ4v) is 1.96. The second-order valence-electron chi connectivity index (χ2n) is 6.01. The summed E-state index contributed by atoms with van der Waals surface area (Å²) >= 11 is 0. The van der Waals surface area contributed by atoms with E-state index in [1.807, 2.05) is 45.0 Å². The predicted molar refractivity (Wildman–Crippen MR) is 81.6 cm³/mol. The van der Waals surface area contributed by atoms with E-state index in [1.54, 1.807) is 6.07 Å². The van der Waals surface area contributed by atoms with E-state index in [1.165, 1.54) is 6.07 Å². The summed E-state index contributed by atoms with van der Waals surface area (Å²) in [4.78, 5) is 4.32. The quantitative estimate of drug-likeness (QED) is 0.936. The Hall–Kier alpha value is -1.94. The average Bonchev–Trinajstić information content (AvgIpc) is 2.45. The number of benzene rings is 1. The van der Waals surface area contributed by atoms with Gasteiger partial charge in [-0.05, 0) is 35.2 Å². The minimum absolute atomic E-state index is 0.0869. The summed E-state index contributed by atoms with van der Waals surface area (Å²) in [7, 11) is 0.